The lowest BCUT2D eigenvalue weighted by Gasteiger charge is -2.55. The fourth-order valence-corrected chi connectivity index (χ4v) is 6.68. The van der Waals surface area contributed by atoms with Gasteiger partial charge in [0, 0.05) is 19.6 Å². The Labute approximate surface area is 204 Å². The Morgan fingerprint density at radius 2 is 1.79 bits per heavy atom. The average molecular weight is 465 g/mol. The number of rotatable bonds is 5. The molecule has 2 unspecified atom stereocenters. The van der Waals surface area contributed by atoms with Crippen molar-refractivity contribution in [2.75, 3.05) is 45.9 Å². The zero-order valence-corrected chi connectivity index (χ0v) is 21.0. The van der Waals surface area contributed by atoms with Gasteiger partial charge >= 0.3 is 6.03 Å². The molecule has 4 heterocycles. The third-order valence-electron chi connectivity index (χ3n) is 8.80. The van der Waals surface area contributed by atoms with Crippen LogP contribution in [0.2, 0.25) is 0 Å². The number of morpholine rings is 1. The standard InChI is InChI=1S/C28H40N4O2/c1-26(2,29-25(33)30-27(3)21-31-15-11-24(27)12-16-31)28(32-17-19-34-20-18-32)13-9-23(10-14-28)22-7-5-4-6-8-22/h4-10,13,24H,11-12,14-21H2,1-3H3,(H2,29,30,33). The first-order chi connectivity index (χ1) is 16.3. The summed E-state index contributed by atoms with van der Waals surface area (Å²) in [6.07, 6.45) is 10.1. The summed E-state index contributed by atoms with van der Waals surface area (Å²) in [5.41, 5.74) is 1.51. The lowest BCUT2D eigenvalue weighted by Crippen LogP contribution is -2.72. The first kappa shape index (κ1) is 23.6. The van der Waals surface area contributed by atoms with Crippen molar-refractivity contribution in [2.24, 2.45) is 5.92 Å². The molecule has 1 aliphatic carbocycles. The van der Waals surface area contributed by atoms with E-state index in [1.165, 1.54) is 24.0 Å². The lowest BCUT2D eigenvalue weighted by molar-refractivity contribution is -0.0328. The van der Waals surface area contributed by atoms with Gasteiger partial charge in [-0.25, -0.2) is 4.79 Å². The van der Waals surface area contributed by atoms with Crippen LogP contribution in [0.1, 0.15) is 45.6 Å². The lowest BCUT2D eigenvalue weighted by atomic mass is 9.71. The quantitative estimate of drug-likeness (QED) is 0.698. The van der Waals surface area contributed by atoms with Crippen LogP contribution >= 0.6 is 0 Å². The maximum atomic E-state index is 13.4. The highest BCUT2D eigenvalue weighted by Gasteiger charge is 2.50. The molecule has 4 aliphatic heterocycles. The molecule has 6 rings (SSSR count). The van der Waals surface area contributed by atoms with Crippen molar-refractivity contribution in [3.05, 3.63) is 54.1 Å². The van der Waals surface area contributed by atoms with Gasteiger partial charge in [0.25, 0.3) is 0 Å². The predicted octanol–water partition coefficient (Wildman–Crippen LogP) is 3.66. The number of nitrogens with zero attached hydrogens (tertiary/aromatic N) is 2. The van der Waals surface area contributed by atoms with E-state index in [9.17, 15) is 4.79 Å². The van der Waals surface area contributed by atoms with Gasteiger partial charge in [0.05, 0.1) is 29.8 Å². The summed E-state index contributed by atoms with van der Waals surface area (Å²) < 4.78 is 5.68. The number of carbonyl (C=O) groups excluding carboxylic acids is 1. The first-order valence-corrected chi connectivity index (χ1v) is 12.9. The molecule has 0 saturated carbocycles. The number of benzene rings is 1. The summed E-state index contributed by atoms with van der Waals surface area (Å²) in [5, 5.41) is 6.82. The number of ether oxygens (including phenoxy) is 1. The summed E-state index contributed by atoms with van der Waals surface area (Å²) in [6.45, 7) is 13.0. The molecule has 1 aromatic carbocycles. The fraction of sp³-hybridized carbons (Fsp3) is 0.607. The molecule has 6 nitrogen and oxygen atoms in total. The largest absolute Gasteiger partial charge is 0.379 e. The zero-order valence-electron chi connectivity index (χ0n) is 21.0. The summed E-state index contributed by atoms with van der Waals surface area (Å²) in [4.78, 5) is 18.4. The Hall–Kier alpha value is -2.15. The number of urea groups is 1. The molecule has 0 spiro atoms. The second-order valence-electron chi connectivity index (χ2n) is 11.3. The Balaban J connectivity index is 1.36. The molecule has 4 saturated heterocycles. The molecule has 6 heteroatoms. The van der Waals surface area contributed by atoms with Gasteiger partial charge in [0.15, 0.2) is 0 Å². The molecule has 2 atom stereocenters. The van der Waals surface area contributed by atoms with Gasteiger partial charge in [-0.3, -0.25) is 4.90 Å². The normalized spacial score (nSPS) is 33.9. The third kappa shape index (κ3) is 4.32. The van der Waals surface area contributed by atoms with E-state index in [0.717, 1.165) is 52.4 Å². The molecule has 4 fully saturated rings. The highest BCUT2D eigenvalue weighted by Crippen LogP contribution is 2.40. The molecule has 184 valence electrons. The summed E-state index contributed by atoms with van der Waals surface area (Å²) in [7, 11) is 0. The van der Waals surface area contributed by atoms with E-state index >= 15 is 0 Å². The minimum atomic E-state index is -0.478. The van der Waals surface area contributed by atoms with Crippen molar-refractivity contribution in [3.8, 4) is 0 Å². The number of fused-ring (bicyclic) bond motifs is 3. The molecule has 5 aliphatic rings. The van der Waals surface area contributed by atoms with Crippen molar-refractivity contribution in [1.82, 2.24) is 20.4 Å². The van der Waals surface area contributed by atoms with E-state index in [-0.39, 0.29) is 17.1 Å². The van der Waals surface area contributed by atoms with Crippen LogP contribution in [0.3, 0.4) is 0 Å². The van der Waals surface area contributed by atoms with Gasteiger partial charge in [-0.05, 0) is 70.2 Å². The van der Waals surface area contributed by atoms with Crippen molar-refractivity contribution < 1.29 is 9.53 Å². The maximum absolute atomic E-state index is 13.4. The molecular weight excluding hydrogens is 424 g/mol. The Kier molecular flexibility index (Phi) is 6.34. The molecule has 0 radical (unpaired) electrons. The number of nitrogens with one attached hydrogen (secondary N) is 2. The minimum Gasteiger partial charge on any atom is -0.379 e. The van der Waals surface area contributed by atoms with Gasteiger partial charge in [-0.15, -0.1) is 0 Å². The molecule has 1 aromatic rings. The third-order valence-corrected chi connectivity index (χ3v) is 8.80. The molecule has 2 bridgehead atoms. The van der Waals surface area contributed by atoms with Gasteiger partial charge in [-0.2, -0.15) is 0 Å². The molecule has 2 amide bonds. The average Bonchev–Trinajstić information content (AvgIpc) is 2.85. The predicted molar refractivity (Wildman–Crippen MR) is 137 cm³/mol. The maximum Gasteiger partial charge on any atom is 0.315 e. The zero-order chi connectivity index (χ0) is 23.8. The molecule has 2 N–H and O–H groups in total. The molecule has 34 heavy (non-hydrogen) atoms. The topological polar surface area (TPSA) is 56.8 Å². The van der Waals surface area contributed by atoms with Crippen molar-refractivity contribution >= 4 is 11.6 Å². The minimum absolute atomic E-state index is 0.0554. The molecular formula is C28H40N4O2. The number of amides is 2. The van der Waals surface area contributed by atoms with Crippen LogP contribution in [0.15, 0.2) is 48.6 Å². The SMILES string of the molecule is CC1(NC(=O)NC(C)(C)C2(N3CCOCC3)C=CC(c3ccccc3)=CC2)CN2CCC1CC2. The van der Waals surface area contributed by atoms with E-state index < -0.39 is 5.54 Å². The van der Waals surface area contributed by atoms with E-state index in [4.69, 9.17) is 4.74 Å². The fourth-order valence-electron chi connectivity index (χ4n) is 6.68. The van der Waals surface area contributed by atoms with E-state index in [0.29, 0.717) is 5.92 Å². The monoisotopic (exact) mass is 464 g/mol. The summed E-state index contributed by atoms with van der Waals surface area (Å²) in [6, 6.07) is 10.5. The van der Waals surface area contributed by atoms with Crippen molar-refractivity contribution in [1.29, 1.82) is 0 Å². The number of allylic oxidation sites excluding steroid dienone is 2. The second-order valence-corrected chi connectivity index (χ2v) is 11.3. The van der Waals surface area contributed by atoms with Crippen LogP contribution in [0.4, 0.5) is 4.79 Å². The second kappa shape index (κ2) is 9.14. The highest BCUT2D eigenvalue weighted by atomic mass is 16.5. The van der Waals surface area contributed by atoms with Crippen molar-refractivity contribution in [2.45, 2.75) is 56.7 Å². The van der Waals surface area contributed by atoms with E-state index in [1.807, 2.05) is 0 Å². The Bertz CT molecular complexity index is 944. The van der Waals surface area contributed by atoms with Gasteiger partial charge < -0.3 is 20.3 Å². The first-order valence-electron chi connectivity index (χ1n) is 12.9. The Morgan fingerprint density at radius 3 is 2.38 bits per heavy atom. The van der Waals surface area contributed by atoms with Crippen molar-refractivity contribution in [3.63, 3.8) is 0 Å². The molecule has 0 aromatic heterocycles. The number of hydrogen-bond acceptors (Lipinski definition) is 4. The van der Waals surface area contributed by atoms with E-state index in [1.54, 1.807) is 0 Å². The van der Waals surface area contributed by atoms with Crippen LogP contribution in [-0.4, -0.2) is 78.4 Å². The van der Waals surface area contributed by atoms with Gasteiger partial charge in [-0.1, -0.05) is 48.6 Å². The van der Waals surface area contributed by atoms with Gasteiger partial charge in [0.2, 0.25) is 0 Å². The highest BCUT2D eigenvalue weighted by molar-refractivity contribution is 5.78. The van der Waals surface area contributed by atoms with Crippen LogP contribution in [0.25, 0.3) is 5.57 Å². The summed E-state index contributed by atoms with van der Waals surface area (Å²) >= 11 is 0. The smallest absolute Gasteiger partial charge is 0.315 e. The van der Waals surface area contributed by atoms with Gasteiger partial charge in [0.1, 0.15) is 0 Å². The van der Waals surface area contributed by atoms with Crippen LogP contribution < -0.4 is 10.6 Å². The van der Waals surface area contributed by atoms with Crippen LogP contribution in [0.5, 0.6) is 0 Å². The number of hydrogen-bond donors (Lipinski definition) is 2. The van der Waals surface area contributed by atoms with Crippen LogP contribution in [0, 0.1) is 5.92 Å². The Morgan fingerprint density at radius 1 is 1.09 bits per heavy atom. The number of carbonyl (C=O) groups is 1. The van der Waals surface area contributed by atoms with Crippen LogP contribution in [-0.2, 0) is 4.74 Å². The number of piperidine rings is 3. The van der Waals surface area contributed by atoms with E-state index in [2.05, 4.69) is 89.8 Å². The summed E-state index contributed by atoms with van der Waals surface area (Å²) in [5.74, 6) is 0.561.